The molecule has 1 aromatic rings. The molecule has 1 atom stereocenters. The molecule has 0 bridgehead atoms. The lowest BCUT2D eigenvalue weighted by molar-refractivity contribution is 0.600. The molecule has 1 aromatic heterocycles. The van der Waals surface area contributed by atoms with Gasteiger partial charge < -0.3 is 5.73 Å². The summed E-state index contributed by atoms with van der Waals surface area (Å²) >= 11 is 1.13. The standard InChI is InChI=1S/C7H12N2O2S2/c1-2-5(8)6-3-4-7(12-6)13(9,10)11/h3-5H,2,8H2,1H3,(H2,9,10,11)/t5-/m0/s1. The van der Waals surface area contributed by atoms with Gasteiger partial charge in [0, 0.05) is 10.9 Å². The maximum atomic E-state index is 10.9. The summed E-state index contributed by atoms with van der Waals surface area (Å²) in [5.41, 5.74) is 5.73. The molecule has 13 heavy (non-hydrogen) atoms. The molecule has 0 unspecified atom stereocenters. The highest BCUT2D eigenvalue weighted by atomic mass is 32.2. The van der Waals surface area contributed by atoms with E-state index in [1.165, 1.54) is 6.07 Å². The van der Waals surface area contributed by atoms with Crippen molar-refractivity contribution >= 4 is 21.4 Å². The van der Waals surface area contributed by atoms with Crippen LogP contribution in [-0.2, 0) is 10.0 Å². The van der Waals surface area contributed by atoms with Crippen LogP contribution in [0.2, 0.25) is 0 Å². The minimum atomic E-state index is -3.56. The van der Waals surface area contributed by atoms with Crippen molar-refractivity contribution in [2.75, 3.05) is 0 Å². The molecular weight excluding hydrogens is 208 g/mol. The van der Waals surface area contributed by atoms with Gasteiger partial charge in [-0.05, 0) is 18.6 Å². The second-order valence-corrected chi connectivity index (χ2v) is 5.62. The number of nitrogens with two attached hydrogens (primary N) is 2. The monoisotopic (exact) mass is 220 g/mol. The van der Waals surface area contributed by atoms with Crippen LogP contribution in [0.25, 0.3) is 0 Å². The molecule has 4 N–H and O–H groups in total. The van der Waals surface area contributed by atoms with E-state index in [9.17, 15) is 8.42 Å². The molecule has 74 valence electrons. The summed E-state index contributed by atoms with van der Waals surface area (Å²) in [4.78, 5) is 0.853. The molecule has 0 saturated carbocycles. The SMILES string of the molecule is CC[C@H](N)c1ccc(S(N)(=O)=O)s1. The average Bonchev–Trinajstić information content (AvgIpc) is 2.50. The Balaban J connectivity index is 3.00. The van der Waals surface area contributed by atoms with Gasteiger partial charge in [-0.15, -0.1) is 11.3 Å². The first kappa shape index (κ1) is 10.6. The van der Waals surface area contributed by atoms with Crippen molar-refractivity contribution in [3.05, 3.63) is 17.0 Å². The van der Waals surface area contributed by atoms with Crippen LogP contribution in [-0.4, -0.2) is 8.42 Å². The van der Waals surface area contributed by atoms with E-state index in [1.54, 1.807) is 6.07 Å². The Bertz CT molecular complexity index is 383. The van der Waals surface area contributed by atoms with Gasteiger partial charge in [-0.1, -0.05) is 6.92 Å². The van der Waals surface area contributed by atoms with E-state index in [-0.39, 0.29) is 10.3 Å². The van der Waals surface area contributed by atoms with Gasteiger partial charge >= 0.3 is 0 Å². The Kier molecular flexibility index (Phi) is 3.07. The van der Waals surface area contributed by atoms with Gasteiger partial charge in [0.25, 0.3) is 0 Å². The van der Waals surface area contributed by atoms with Crippen molar-refractivity contribution in [3.63, 3.8) is 0 Å². The third-order valence-corrected chi connectivity index (χ3v) is 4.34. The summed E-state index contributed by atoms with van der Waals surface area (Å²) in [5.74, 6) is 0. The molecule has 0 aliphatic heterocycles. The minimum Gasteiger partial charge on any atom is -0.323 e. The summed E-state index contributed by atoms with van der Waals surface area (Å²) in [6.45, 7) is 1.95. The average molecular weight is 220 g/mol. The smallest absolute Gasteiger partial charge is 0.247 e. The van der Waals surface area contributed by atoms with Crippen LogP contribution in [0.4, 0.5) is 0 Å². The second kappa shape index (κ2) is 3.75. The first-order chi connectivity index (χ1) is 5.95. The molecule has 0 amide bonds. The summed E-state index contributed by atoms with van der Waals surface area (Å²) in [7, 11) is -3.56. The second-order valence-electron chi connectivity index (χ2n) is 2.72. The number of sulfonamides is 1. The van der Waals surface area contributed by atoms with E-state index < -0.39 is 10.0 Å². The zero-order chi connectivity index (χ0) is 10.1. The Hall–Kier alpha value is -0.430. The molecule has 0 aliphatic carbocycles. The first-order valence-electron chi connectivity index (χ1n) is 3.83. The number of hydrogen-bond acceptors (Lipinski definition) is 4. The van der Waals surface area contributed by atoms with Gasteiger partial charge in [0.1, 0.15) is 4.21 Å². The quantitative estimate of drug-likeness (QED) is 0.790. The lowest BCUT2D eigenvalue weighted by atomic mass is 10.2. The highest BCUT2D eigenvalue weighted by Gasteiger charge is 2.13. The van der Waals surface area contributed by atoms with Gasteiger partial charge in [0.2, 0.25) is 10.0 Å². The fraction of sp³-hybridized carbons (Fsp3) is 0.429. The molecule has 0 spiro atoms. The van der Waals surface area contributed by atoms with Crippen LogP contribution in [0.5, 0.6) is 0 Å². The fourth-order valence-corrected chi connectivity index (χ4v) is 2.72. The molecule has 6 heteroatoms. The fourth-order valence-electron chi connectivity index (χ4n) is 0.888. The predicted octanol–water partition coefficient (Wildman–Crippen LogP) is 0.805. The van der Waals surface area contributed by atoms with E-state index in [1.807, 2.05) is 6.92 Å². The van der Waals surface area contributed by atoms with E-state index in [4.69, 9.17) is 10.9 Å². The molecule has 0 saturated heterocycles. The lowest BCUT2D eigenvalue weighted by Gasteiger charge is -2.03. The summed E-state index contributed by atoms with van der Waals surface area (Å²) in [6.07, 6.45) is 0.782. The summed E-state index contributed by atoms with van der Waals surface area (Å²) in [5, 5.41) is 4.95. The predicted molar refractivity (Wildman–Crippen MR) is 52.9 cm³/mol. The Morgan fingerprint density at radius 3 is 2.54 bits per heavy atom. The van der Waals surface area contributed by atoms with Crippen LogP contribution in [0.15, 0.2) is 16.3 Å². The van der Waals surface area contributed by atoms with Crippen molar-refractivity contribution in [2.45, 2.75) is 23.6 Å². The summed E-state index contributed by atoms with van der Waals surface area (Å²) < 4.78 is 22.0. The van der Waals surface area contributed by atoms with Crippen molar-refractivity contribution in [2.24, 2.45) is 10.9 Å². The molecule has 1 rings (SSSR count). The van der Waals surface area contributed by atoms with Crippen LogP contribution in [0.3, 0.4) is 0 Å². The third-order valence-electron chi connectivity index (χ3n) is 1.69. The third kappa shape index (κ3) is 2.50. The maximum absolute atomic E-state index is 10.9. The van der Waals surface area contributed by atoms with Crippen molar-refractivity contribution in [1.29, 1.82) is 0 Å². The molecule has 1 heterocycles. The van der Waals surface area contributed by atoms with E-state index in [0.29, 0.717) is 0 Å². The molecule has 0 aromatic carbocycles. The molecule has 0 fully saturated rings. The van der Waals surface area contributed by atoms with Crippen molar-refractivity contribution < 1.29 is 8.42 Å². The highest BCUT2D eigenvalue weighted by Crippen LogP contribution is 2.25. The van der Waals surface area contributed by atoms with Crippen LogP contribution in [0, 0.1) is 0 Å². The molecule has 4 nitrogen and oxygen atoms in total. The van der Waals surface area contributed by atoms with Gasteiger partial charge in [0.15, 0.2) is 0 Å². The van der Waals surface area contributed by atoms with Gasteiger partial charge in [0.05, 0.1) is 0 Å². The van der Waals surface area contributed by atoms with E-state index in [0.717, 1.165) is 22.6 Å². The summed E-state index contributed by atoms with van der Waals surface area (Å²) in [6, 6.07) is 3.10. The van der Waals surface area contributed by atoms with Gasteiger partial charge in [-0.3, -0.25) is 0 Å². The number of thiophene rings is 1. The Labute approximate surface area is 81.6 Å². The molecule has 0 aliphatic rings. The first-order valence-corrected chi connectivity index (χ1v) is 6.19. The van der Waals surface area contributed by atoms with Crippen molar-refractivity contribution in [1.82, 2.24) is 0 Å². The molecular formula is C7H12N2O2S2. The van der Waals surface area contributed by atoms with E-state index >= 15 is 0 Å². The van der Waals surface area contributed by atoms with Crippen LogP contribution >= 0.6 is 11.3 Å². The maximum Gasteiger partial charge on any atom is 0.247 e. The normalized spacial score (nSPS) is 14.4. The zero-order valence-corrected chi connectivity index (χ0v) is 8.86. The Morgan fingerprint density at radius 1 is 1.54 bits per heavy atom. The van der Waals surface area contributed by atoms with Crippen molar-refractivity contribution in [3.8, 4) is 0 Å². The number of rotatable bonds is 3. The van der Waals surface area contributed by atoms with E-state index in [2.05, 4.69) is 0 Å². The number of primary sulfonamides is 1. The topological polar surface area (TPSA) is 86.2 Å². The molecule has 0 radical (unpaired) electrons. The van der Waals surface area contributed by atoms with Gasteiger partial charge in [-0.2, -0.15) is 0 Å². The van der Waals surface area contributed by atoms with Crippen LogP contribution in [0.1, 0.15) is 24.3 Å². The lowest BCUT2D eigenvalue weighted by Crippen LogP contribution is -2.10. The number of hydrogen-bond donors (Lipinski definition) is 2. The highest BCUT2D eigenvalue weighted by molar-refractivity contribution is 7.91. The van der Waals surface area contributed by atoms with Gasteiger partial charge in [-0.25, -0.2) is 13.6 Å². The largest absolute Gasteiger partial charge is 0.323 e. The Morgan fingerprint density at radius 2 is 2.15 bits per heavy atom. The van der Waals surface area contributed by atoms with Crippen LogP contribution < -0.4 is 10.9 Å². The minimum absolute atomic E-state index is 0.0968. The zero-order valence-electron chi connectivity index (χ0n) is 7.23.